The summed E-state index contributed by atoms with van der Waals surface area (Å²) in [7, 11) is 0. The Balaban J connectivity index is 2.92. The minimum absolute atomic E-state index is 0.0401. The van der Waals surface area contributed by atoms with Crippen molar-refractivity contribution in [1.82, 2.24) is 0 Å². The van der Waals surface area contributed by atoms with E-state index in [1.807, 2.05) is 13.8 Å². The lowest BCUT2D eigenvalue weighted by molar-refractivity contribution is -0.122. The molecule has 56 valence electrons. The third-order valence-electron chi connectivity index (χ3n) is 1.93. The Morgan fingerprint density at radius 3 is 2.30 bits per heavy atom. The lowest BCUT2D eigenvalue weighted by atomic mass is 9.66. The van der Waals surface area contributed by atoms with Gasteiger partial charge in [-0.1, -0.05) is 25.4 Å². The number of ketones is 1. The molecule has 0 N–H and O–H groups in total. The van der Waals surface area contributed by atoms with E-state index in [9.17, 15) is 4.79 Å². The molecule has 1 fully saturated rings. The summed E-state index contributed by atoms with van der Waals surface area (Å²) in [5.41, 5.74) is 1.72. The van der Waals surface area contributed by atoms with Gasteiger partial charge in [-0.3, -0.25) is 4.79 Å². The fraction of sp³-hybridized carbons (Fsp3) is 0.571. The first-order valence-electron chi connectivity index (χ1n) is 3.01. The minimum Gasteiger partial charge on any atom is -0.293 e. The smallest absolute Gasteiger partial charge is 0.179 e. The molecule has 0 aliphatic heterocycles. The van der Waals surface area contributed by atoms with Crippen molar-refractivity contribution in [3.05, 3.63) is 11.1 Å². The fourth-order valence-corrected chi connectivity index (χ4v) is 1.66. The molecule has 1 aliphatic carbocycles. The van der Waals surface area contributed by atoms with E-state index in [1.165, 1.54) is 5.54 Å². The summed E-state index contributed by atoms with van der Waals surface area (Å²) in [5.74, 6) is -0.0401. The summed E-state index contributed by atoms with van der Waals surface area (Å²) in [5, 5.41) is -0.391. The van der Waals surface area contributed by atoms with Gasteiger partial charge < -0.3 is 0 Å². The third kappa shape index (κ3) is 0.807. The Kier molecular flexibility index (Phi) is 1.82. The Morgan fingerprint density at radius 1 is 1.60 bits per heavy atom. The van der Waals surface area contributed by atoms with Crippen molar-refractivity contribution in [3.63, 3.8) is 0 Å². The first-order valence-corrected chi connectivity index (χ1v) is 3.88. The zero-order valence-corrected chi connectivity index (χ0v) is 7.33. The SMILES string of the molecule is CC1(C)/C(=C/Cl)C(=O)C1Cl. The normalized spacial score (nSPS) is 34.2. The predicted molar refractivity (Wildman–Crippen MR) is 42.4 cm³/mol. The second-order valence-electron chi connectivity index (χ2n) is 2.97. The minimum atomic E-state index is -0.391. The molecule has 0 aromatic heterocycles. The highest BCUT2D eigenvalue weighted by Gasteiger charge is 2.50. The molecule has 0 amide bonds. The van der Waals surface area contributed by atoms with Crippen molar-refractivity contribution in [1.29, 1.82) is 0 Å². The third-order valence-corrected chi connectivity index (χ3v) is 2.89. The molecule has 1 saturated carbocycles. The number of hydrogen-bond acceptors (Lipinski definition) is 1. The molecule has 0 aromatic carbocycles. The quantitative estimate of drug-likeness (QED) is 0.412. The first-order chi connectivity index (χ1) is 4.51. The summed E-state index contributed by atoms with van der Waals surface area (Å²) in [4.78, 5) is 10.9. The highest BCUT2D eigenvalue weighted by molar-refractivity contribution is 6.41. The molecule has 0 radical (unpaired) electrons. The highest BCUT2D eigenvalue weighted by atomic mass is 35.5. The summed E-state index contributed by atoms with van der Waals surface area (Å²) in [6, 6.07) is 0. The first kappa shape index (κ1) is 8.09. The molecule has 1 atom stereocenters. The van der Waals surface area contributed by atoms with Crippen LogP contribution in [0.4, 0.5) is 0 Å². The maximum atomic E-state index is 10.9. The summed E-state index contributed by atoms with van der Waals surface area (Å²) >= 11 is 11.1. The lowest BCUT2D eigenvalue weighted by Crippen LogP contribution is -2.48. The van der Waals surface area contributed by atoms with Crippen LogP contribution in [0.2, 0.25) is 0 Å². The van der Waals surface area contributed by atoms with E-state index in [1.54, 1.807) is 0 Å². The second kappa shape index (κ2) is 2.24. The van der Waals surface area contributed by atoms with Gasteiger partial charge in [-0.15, -0.1) is 11.6 Å². The molecular formula is C7H8Cl2O. The maximum absolute atomic E-state index is 10.9. The van der Waals surface area contributed by atoms with Crippen LogP contribution in [0.25, 0.3) is 0 Å². The van der Waals surface area contributed by atoms with Crippen LogP contribution in [0, 0.1) is 5.41 Å². The topological polar surface area (TPSA) is 17.1 Å². The standard InChI is InChI=1S/C7H8Cl2O/c1-7(2)4(3-8)5(10)6(7)9/h3,6H,1-2H3/b4-3+. The van der Waals surface area contributed by atoms with Gasteiger partial charge in [-0.05, 0) is 0 Å². The Bertz CT molecular complexity index is 206. The van der Waals surface area contributed by atoms with Crippen LogP contribution in [-0.4, -0.2) is 11.2 Å². The van der Waals surface area contributed by atoms with Gasteiger partial charge in [0.15, 0.2) is 5.78 Å². The average Bonchev–Trinajstić information content (AvgIpc) is 1.88. The van der Waals surface area contributed by atoms with Crippen molar-refractivity contribution < 1.29 is 4.79 Å². The number of Topliss-reactive ketones (excluding diaryl/α,β-unsaturated/α-hetero) is 1. The number of alkyl halides is 1. The highest BCUT2D eigenvalue weighted by Crippen LogP contribution is 2.46. The van der Waals surface area contributed by atoms with Gasteiger partial charge in [-0.2, -0.15) is 0 Å². The molecular weight excluding hydrogens is 171 g/mol. The van der Waals surface area contributed by atoms with E-state index >= 15 is 0 Å². The average molecular weight is 179 g/mol. The van der Waals surface area contributed by atoms with Crippen molar-refractivity contribution in [2.75, 3.05) is 0 Å². The molecule has 0 spiro atoms. The molecule has 1 nitrogen and oxygen atoms in total. The van der Waals surface area contributed by atoms with Crippen LogP contribution in [0.5, 0.6) is 0 Å². The monoisotopic (exact) mass is 178 g/mol. The molecule has 3 heteroatoms. The summed E-state index contributed by atoms with van der Waals surface area (Å²) < 4.78 is 0. The van der Waals surface area contributed by atoms with Crippen LogP contribution < -0.4 is 0 Å². The molecule has 0 heterocycles. The molecule has 10 heavy (non-hydrogen) atoms. The zero-order chi connectivity index (χ0) is 7.94. The maximum Gasteiger partial charge on any atom is 0.179 e. The van der Waals surface area contributed by atoms with Gasteiger partial charge in [0.1, 0.15) is 5.38 Å². The Morgan fingerprint density at radius 2 is 2.10 bits per heavy atom. The van der Waals surface area contributed by atoms with E-state index in [0.717, 1.165) is 0 Å². The van der Waals surface area contributed by atoms with Crippen molar-refractivity contribution in [2.24, 2.45) is 5.41 Å². The van der Waals surface area contributed by atoms with Crippen LogP contribution in [0.1, 0.15) is 13.8 Å². The van der Waals surface area contributed by atoms with Crippen molar-refractivity contribution >= 4 is 29.0 Å². The Hall–Kier alpha value is -0.0100. The van der Waals surface area contributed by atoms with Crippen LogP contribution in [0.3, 0.4) is 0 Å². The Labute approximate surface area is 70.0 Å². The predicted octanol–water partition coefficient (Wildman–Crippen LogP) is 2.33. The van der Waals surface area contributed by atoms with Crippen LogP contribution >= 0.6 is 23.2 Å². The van der Waals surface area contributed by atoms with E-state index in [4.69, 9.17) is 23.2 Å². The second-order valence-corrected chi connectivity index (χ2v) is 3.63. The van der Waals surface area contributed by atoms with Gasteiger partial charge in [0, 0.05) is 16.5 Å². The van der Waals surface area contributed by atoms with Gasteiger partial charge in [0.05, 0.1) is 0 Å². The molecule has 0 saturated heterocycles. The number of carbonyl (C=O) groups excluding carboxylic acids is 1. The van der Waals surface area contributed by atoms with Crippen LogP contribution in [0.15, 0.2) is 11.1 Å². The number of carbonyl (C=O) groups is 1. The molecule has 0 bridgehead atoms. The number of rotatable bonds is 0. The number of halogens is 2. The summed E-state index contributed by atoms with van der Waals surface area (Å²) in [6.07, 6.45) is 0. The number of allylic oxidation sites excluding steroid dienone is 1. The zero-order valence-electron chi connectivity index (χ0n) is 5.82. The largest absolute Gasteiger partial charge is 0.293 e. The number of hydrogen-bond donors (Lipinski definition) is 0. The molecule has 1 unspecified atom stereocenters. The lowest BCUT2D eigenvalue weighted by Gasteiger charge is -2.40. The molecule has 1 aliphatic rings. The van der Waals surface area contributed by atoms with Gasteiger partial charge in [0.2, 0.25) is 0 Å². The molecule has 0 aromatic rings. The van der Waals surface area contributed by atoms with Gasteiger partial charge in [0.25, 0.3) is 0 Å². The van der Waals surface area contributed by atoms with E-state index in [2.05, 4.69) is 0 Å². The van der Waals surface area contributed by atoms with Crippen LogP contribution in [-0.2, 0) is 4.79 Å². The molecule has 1 rings (SSSR count). The van der Waals surface area contributed by atoms with Gasteiger partial charge in [-0.25, -0.2) is 0 Å². The van der Waals surface area contributed by atoms with E-state index in [0.29, 0.717) is 5.57 Å². The van der Waals surface area contributed by atoms with Crippen molar-refractivity contribution in [3.8, 4) is 0 Å². The fourth-order valence-electron chi connectivity index (χ4n) is 1.03. The van der Waals surface area contributed by atoms with E-state index in [-0.39, 0.29) is 11.2 Å². The van der Waals surface area contributed by atoms with Gasteiger partial charge >= 0.3 is 0 Å². The summed E-state index contributed by atoms with van der Waals surface area (Å²) in [6.45, 7) is 3.81. The van der Waals surface area contributed by atoms with E-state index < -0.39 is 5.38 Å². The van der Waals surface area contributed by atoms with Crippen molar-refractivity contribution in [2.45, 2.75) is 19.2 Å².